The van der Waals surface area contributed by atoms with Crippen molar-refractivity contribution in [3.05, 3.63) is 60.7 Å². The van der Waals surface area contributed by atoms with Crippen molar-refractivity contribution in [1.29, 1.82) is 0 Å². The molecule has 1 aliphatic heterocycles. The summed E-state index contributed by atoms with van der Waals surface area (Å²) in [6.45, 7) is 10.1. The molecule has 3 rings (SSSR count). The summed E-state index contributed by atoms with van der Waals surface area (Å²) in [5.41, 5.74) is 0. The molecule has 0 radical (unpaired) electrons. The Hall–Kier alpha value is -1.42. The number of unbranched alkanes of at least 4 members (excludes halogenated alkanes) is 2. The van der Waals surface area contributed by atoms with Crippen LogP contribution in [0.5, 0.6) is 0 Å². The van der Waals surface area contributed by atoms with Crippen molar-refractivity contribution in [2.75, 3.05) is 6.61 Å². The Morgan fingerprint density at radius 2 is 1.48 bits per heavy atom. The minimum Gasteiger partial charge on any atom is -0.402 e. The Kier molecular flexibility index (Phi) is 6.56. The van der Waals surface area contributed by atoms with E-state index < -0.39 is 8.32 Å². The quantitative estimate of drug-likeness (QED) is 0.349. The minimum absolute atomic E-state index is 0.0214. The fourth-order valence-electron chi connectivity index (χ4n) is 4.10. The average Bonchev–Trinajstić information content (AvgIpc) is 3.50. The molecule has 27 heavy (non-hydrogen) atoms. The molecule has 0 spiro atoms. The highest BCUT2D eigenvalue weighted by Gasteiger charge is 2.53. The second kappa shape index (κ2) is 8.72. The second-order valence-electron chi connectivity index (χ2n) is 8.69. The zero-order valence-corrected chi connectivity index (χ0v) is 18.3. The Morgan fingerprint density at radius 1 is 0.963 bits per heavy atom. The molecule has 146 valence electrons. The first-order chi connectivity index (χ1) is 13.0. The van der Waals surface area contributed by atoms with Crippen LogP contribution in [0.25, 0.3) is 0 Å². The molecule has 1 fully saturated rings. The van der Waals surface area contributed by atoms with Crippen molar-refractivity contribution in [3.63, 3.8) is 0 Å². The van der Waals surface area contributed by atoms with E-state index in [0.29, 0.717) is 0 Å². The lowest BCUT2D eigenvalue weighted by Crippen LogP contribution is -2.68. The molecule has 0 aliphatic carbocycles. The van der Waals surface area contributed by atoms with Gasteiger partial charge in [0.15, 0.2) is 0 Å². The van der Waals surface area contributed by atoms with Gasteiger partial charge in [0, 0.05) is 0 Å². The van der Waals surface area contributed by atoms with Crippen LogP contribution >= 0.6 is 0 Å². The zero-order chi connectivity index (χ0) is 19.3. The van der Waals surface area contributed by atoms with Gasteiger partial charge in [0.25, 0.3) is 8.32 Å². The molecule has 1 aliphatic rings. The van der Waals surface area contributed by atoms with Crippen LogP contribution in [-0.2, 0) is 9.16 Å². The molecule has 0 saturated carbocycles. The van der Waals surface area contributed by atoms with Crippen LogP contribution in [0.4, 0.5) is 0 Å². The number of hydrogen-bond donors (Lipinski definition) is 0. The molecule has 0 N–H and O–H groups in total. The molecule has 2 aromatic carbocycles. The Labute approximate surface area is 166 Å². The summed E-state index contributed by atoms with van der Waals surface area (Å²) >= 11 is 0. The Morgan fingerprint density at radius 3 is 1.89 bits per heavy atom. The monoisotopic (exact) mass is 382 g/mol. The largest absolute Gasteiger partial charge is 0.402 e. The first-order valence-corrected chi connectivity index (χ1v) is 12.3. The van der Waals surface area contributed by atoms with Crippen LogP contribution in [0.2, 0.25) is 5.04 Å². The van der Waals surface area contributed by atoms with Crippen molar-refractivity contribution < 1.29 is 9.16 Å². The smallest absolute Gasteiger partial charge is 0.261 e. The van der Waals surface area contributed by atoms with E-state index in [4.69, 9.17) is 9.16 Å². The summed E-state index contributed by atoms with van der Waals surface area (Å²) in [6.07, 6.45) is 5.24. The Bertz CT molecular complexity index is 650. The molecule has 1 heterocycles. The van der Waals surface area contributed by atoms with Gasteiger partial charge in [0.1, 0.15) is 6.10 Å². The average molecular weight is 383 g/mol. The van der Waals surface area contributed by atoms with Crippen molar-refractivity contribution >= 4 is 18.7 Å². The SMILES string of the molecule is CCCCC[C@H](O[Si](c1ccccc1)(c1ccccc1)C(C)(C)C)[C@@H]1CO1. The molecular weight excluding hydrogens is 348 g/mol. The third kappa shape index (κ3) is 4.53. The van der Waals surface area contributed by atoms with Gasteiger partial charge in [-0.15, -0.1) is 0 Å². The van der Waals surface area contributed by atoms with Gasteiger partial charge in [0.05, 0.1) is 12.7 Å². The minimum atomic E-state index is -2.48. The summed E-state index contributed by atoms with van der Waals surface area (Å²) in [7, 11) is -2.48. The van der Waals surface area contributed by atoms with E-state index >= 15 is 0 Å². The van der Waals surface area contributed by atoms with Crippen LogP contribution in [0.3, 0.4) is 0 Å². The second-order valence-corrected chi connectivity index (χ2v) is 12.9. The lowest BCUT2D eigenvalue weighted by Gasteiger charge is -2.45. The third-order valence-corrected chi connectivity index (χ3v) is 10.7. The molecule has 3 heteroatoms. The number of hydrogen-bond acceptors (Lipinski definition) is 2. The standard InChI is InChI=1S/C24H34O2Si/c1-5-6-9-18-22(23-19-25-23)26-27(24(2,3)4,20-14-10-7-11-15-20)21-16-12-8-13-17-21/h7-8,10-17,22-23H,5-6,9,18-19H2,1-4H3/t22-,23-/m0/s1. The fourth-order valence-corrected chi connectivity index (χ4v) is 8.84. The molecular formula is C24H34O2Si. The highest BCUT2D eigenvalue weighted by molar-refractivity contribution is 6.99. The number of epoxide rings is 1. The van der Waals surface area contributed by atoms with Gasteiger partial charge in [-0.1, -0.05) is 108 Å². The highest BCUT2D eigenvalue weighted by Crippen LogP contribution is 2.39. The summed E-state index contributed by atoms with van der Waals surface area (Å²) < 4.78 is 13.0. The van der Waals surface area contributed by atoms with Crippen LogP contribution in [-0.4, -0.2) is 27.1 Å². The van der Waals surface area contributed by atoms with Gasteiger partial charge in [0.2, 0.25) is 0 Å². The van der Waals surface area contributed by atoms with E-state index in [2.05, 4.69) is 88.4 Å². The van der Waals surface area contributed by atoms with E-state index in [1.807, 2.05) is 0 Å². The number of rotatable bonds is 9. The van der Waals surface area contributed by atoms with Gasteiger partial charge in [-0.2, -0.15) is 0 Å². The maximum absolute atomic E-state index is 7.26. The van der Waals surface area contributed by atoms with Gasteiger partial charge in [-0.05, 0) is 21.8 Å². The topological polar surface area (TPSA) is 21.8 Å². The van der Waals surface area contributed by atoms with E-state index in [-0.39, 0.29) is 17.2 Å². The molecule has 0 unspecified atom stereocenters. The fraction of sp³-hybridized carbons (Fsp3) is 0.500. The van der Waals surface area contributed by atoms with Crippen molar-refractivity contribution in [3.8, 4) is 0 Å². The molecule has 2 atom stereocenters. The van der Waals surface area contributed by atoms with E-state index in [1.165, 1.54) is 29.6 Å². The third-order valence-electron chi connectivity index (χ3n) is 5.61. The lowest BCUT2D eigenvalue weighted by molar-refractivity contribution is 0.136. The molecule has 0 aromatic heterocycles. The molecule has 0 bridgehead atoms. The summed E-state index contributed by atoms with van der Waals surface area (Å²) in [5, 5.41) is 2.72. The molecule has 1 saturated heterocycles. The zero-order valence-electron chi connectivity index (χ0n) is 17.3. The Balaban J connectivity index is 2.05. The predicted molar refractivity (Wildman–Crippen MR) is 116 cm³/mol. The maximum atomic E-state index is 7.26. The molecule has 2 nitrogen and oxygen atoms in total. The van der Waals surface area contributed by atoms with Gasteiger partial charge < -0.3 is 9.16 Å². The van der Waals surface area contributed by atoms with Crippen LogP contribution < -0.4 is 10.4 Å². The molecule has 0 amide bonds. The van der Waals surface area contributed by atoms with Crippen LogP contribution in [0.1, 0.15) is 53.4 Å². The van der Waals surface area contributed by atoms with Crippen molar-refractivity contribution in [2.45, 2.75) is 70.6 Å². The van der Waals surface area contributed by atoms with E-state index in [9.17, 15) is 0 Å². The van der Waals surface area contributed by atoms with Gasteiger partial charge in [-0.3, -0.25) is 0 Å². The maximum Gasteiger partial charge on any atom is 0.261 e. The van der Waals surface area contributed by atoms with E-state index in [0.717, 1.165) is 13.0 Å². The van der Waals surface area contributed by atoms with Gasteiger partial charge >= 0.3 is 0 Å². The number of benzene rings is 2. The first-order valence-electron chi connectivity index (χ1n) is 10.4. The van der Waals surface area contributed by atoms with Crippen LogP contribution in [0.15, 0.2) is 60.7 Å². The van der Waals surface area contributed by atoms with Crippen molar-refractivity contribution in [2.24, 2.45) is 0 Å². The number of ether oxygens (including phenoxy) is 1. The normalized spacial score (nSPS) is 18.3. The highest BCUT2D eigenvalue weighted by atomic mass is 28.4. The first kappa shape index (κ1) is 20.3. The lowest BCUT2D eigenvalue weighted by atomic mass is 10.1. The van der Waals surface area contributed by atoms with Gasteiger partial charge in [-0.25, -0.2) is 0 Å². The van der Waals surface area contributed by atoms with E-state index in [1.54, 1.807) is 0 Å². The van der Waals surface area contributed by atoms with Crippen molar-refractivity contribution in [1.82, 2.24) is 0 Å². The van der Waals surface area contributed by atoms with Crippen LogP contribution in [0, 0.1) is 0 Å². The molecule has 2 aromatic rings. The predicted octanol–water partition coefficient (Wildman–Crippen LogP) is 4.91. The summed E-state index contributed by atoms with van der Waals surface area (Å²) in [6, 6.07) is 21.8. The summed E-state index contributed by atoms with van der Waals surface area (Å²) in [5.74, 6) is 0. The summed E-state index contributed by atoms with van der Waals surface area (Å²) in [4.78, 5) is 0.